The maximum Gasteiger partial charge on any atom is -0.00426 e. The summed E-state index contributed by atoms with van der Waals surface area (Å²) in [6.07, 6.45) is 14.1. The Kier molecular flexibility index (Phi) is 5.09. The average molecular weight is 167 g/mol. The smallest absolute Gasteiger partial charge is 0.00426 e. The van der Waals surface area contributed by atoms with E-state index >= 15 is 0 Å². The molecule has 0 spiro atoms. The van der Waals surface area contributed by atoms with Crippen molar-refractivity contribution in [3.63, 3.8) is 0 Å². The standard InChI is InChI=1S/C11H21N/c12-10-6-2-1-3-7-11-8-4-5-9-11/h1-2,11H,3-10,12H2/b2-1+. The molecular formula is C11H21N. The lowest BCUT2D eigenvalue weighted by atomic mass is 10.0. The first-order valence-corrected chi connectivity index (χ1v) is 5.28. The summed E-state index contributed by atoms with van der Waals surface area (Å²) in [7, 11) is 0. The number of allylic oxidation sites excluding steroid dienone is 1. The van der Waals surface area contributed by atoms with Crippen LogP contribution in [0.25, 0.3) is 0 Å². The van der Waals surface area contributed by atoms with Gasteiger partial charge >= 0.3 is 0 Å². The van der Waals surface area contributed by atoms with Crippen LogP contribution < -0.4 is 5.73 Å². The molecule has 0 amide bonds. The lowest BCUT2D eigenvalue weighted by Gasteiger charge is -2.04. The summed E-state index contributed by atoms with van der Waals surface area (Å²) in [6.45, 7) is 0.792. The summed E-state index contributed by atoms with van der Waals surface area (Å²) >= 11 is 0. The average Bonchev–Trinajstić information content (AvgIpc) is 2.57. The third kappa shape index (κ3) is 3.91. The molecule has 1 heteroatoms. The van der Waals surface area contributed by atoms with E-state index in [1.807, 2.05) is 0 Å². The zero-order chi connectivity index (χ0) is 8.65. The molecule has 1 rings (SSSR count). The molecule has 0 aliphatic heterocycles. The second-order valence-electron chi connectivity index (χ2n) is 3.78. The second-order valence-corrected chi connectivity index (χ2v) is 3.78. The van der Waals surface area contributed by atoms with Gasteiger partial charge in [0.05, 0.1) is 0 Å². The maximum absolute atomic E-state index is 5.38. The third-order valence-corrected chi connectivity index (χ3v) is 2.72. The van der Waals surface area contributed by atoms with Gasteiger partial charge in [-0.05, 0) is 31.7 Å². The highest BCUT2D eigenvalue weighted by Crippen LogP contribution is 2.28. The van der Waals surface area contributed by atoms with Gasteiger partial charge in [-0.25, -0.2) is 0 Å². The summed E-state index contributed by atoms with van der Waals surface area (Å²) < 4.78 is 0. The Morgan fingerprint density at radius 2 is 1.75 bits per heavy atom. The first kappa shape index (κ1) is 9.79. The number of hydrogen-bond acceptors (Lipinski definition) is 1. The first-order valence-electron chi connectivity index (χ1n) is 5.28. The van der Waals surface area contributed by atoms with E-state index in [-0.39, 0.29) is 0 Å². The molecule has 70 valence electrons. The first-order chi connectivity index (χ1) is 5.93. The fourth-order valence-electron chi connectivity index (χ4n) is 1.96. The van der Waals surface area contributed by atoms with Gasteiger partial charge in [0.1, 0.15) is 0 Å². The molecule has 0 aromatic carbocycles. The van der Waals surface area contributed by atoms with Crippen LogP contribution in [0.3, 0.4) is 0 Å². The normalized spacial score (nSPS) is 19.4. The number of hydrogen-bond donors (Lipinski definition) is 1. The van der Waals surface area contributed by atoms with Gasteiger partial charge in [0.2, 0.25) is 0 Å². The predicted octanol–water partition coefficient (Wildman–Crippen LogP) is 2.86. The quantitative estimate of drug-likeness (QED) is 0.626. The van der Waals surface area contributed by atoms with E-state index in [1.165, 1.54) is 38.5 Å². The van der Waals surface area contributed by atoms with Crippen LogP contribution in [0.4, 0.5) is 0 Å². The fourth-order valence-corrected chi connectivity index (χ4v) is 1.96. The minimum absolute atomic E-state index is 0.792. The molecule has 0 saturated heterocycles. The highest BCUT2D eigenvalue weighted by molar-refractivity contribution is 4.83. The lowest BCUT2D eigenvalue weighted by molar-refractivity contribution is 0.508. The van der Waals surface area contributed by atoms with Gasteiger partial charge < -0.3 is 5.73 Å². The monoisotopic (exact) mass is 167 g/mol. The Balaban J connectivity index is 1.94. The predicted molar refractivity (Wildman–Crippen MR) is 54.0 cm³/mol. The van der Waals surface area contributed by atoms with Gasteiger partial charge in [0.25, 0.3) is 0 Å². The minimum atomic E-state index is 0.792. The van der Waals surface area contributed by atoms with Crippen molar-refractivity contribution in [2.24, 2.45) is 11.7 Å². The molecule has 0 unspecified atom stereocenters. The molecule has 0 heterocycles. The van der Waals surface area contributed by atoms with E-state index < -0.39 is 0 Å². The summed E-state index contributed by atoms with van der Waals surface area (Å²) in [4.78, 5) is 0. The van der Waals surface area contributed by atoms with Crippen molar-refractivity contribution in [2.45, 2.75) is 44.9 Å². The van der Waals surface area contributed by atoms with Crippen molar-refractivity contribution in [1.82, 2.24) is 0 Å². The molecular weight excluding hydrogens is 146 g/mol. The van der Waals surface area contributed by atoms with Crippen molar-refractivity contribution in [3.05, 3.63) is 12.2 Å². The molecule has 1 nitrogen and oxygen atoms in total. The van der Waals surface area contributed by atoms with Crippen molar-refractivity contribution in [3.8, 4) is 0 Å². The highest BCUT2D eigenvalue weighted by atomic mass is 14.5. The van der Waals surface area contributed by atoms with E-state index in [4.69, 9.17) is 5.73 Å². The molecule has 2 N–H and O–H groups in total. The van der Waals surface area contributed by atoms with Gasteiger partial charge in [-0.15, -0.1) is 0 Å². The Hall–Kier alpha value is -0.300. The Morgan fingerprint density at radius 1 is 1.08 bits per heavy atom. The van der Waals surface area contributed by atoms with Crippen LogP contribution in [-0.2, 0) is 0 Å². The van der Waals surface area contributed by atoms with Crippen molar-refractivity contribution in [1.29, 1.82) is 0 Å². The molecule has 0 radical (unpaired) electrons. The molecule has 0 atom stereocenters. The van der Waals surface area contributed by atoms with Gasteiger partial charge in [-0.3, -0.25) is 0 Å². The summed E-state index contributed by atoms with van der Waals surface area (Å²) in [5.74, 6) is 1.03. The van der Waals surface area contributed by atoms with Crippen LogP contribution in [0.5, 0.6) is 0 Å². The number of nitrogens with two attached hydrogens (primary N) is 1. The van der Waals surface area contributed by atoms with Gasteiger partial charge in [-0.1, -0.05) is 37.8 Å². The van der Waals surface area contributed by atoms with Crippen LogP contribution in [0.15, 0.2) is 12.2 Å². The van der Waals surface area contributed by atoms with Crippen molar-refractivity contribution in [2.75, 3.05) is 6.54 Å². The van der Waals surface area contributed by atoms with Crippen molar-refractivity contribution >= 4 is 0 Å². The second kappa shape index (κ2) is 6.24. The highest BCUT2D eigenvalue weighted by Gasteiger charge is 2.12. The Morgan fingerprint density at radius 3 is 2.42 bits per heavy atom. The SMILES string of the molecule is NCC/C=C/CCC1CCCC1. The molecule has 0 aromatic heterocycles. The Bertz CT molecular complexity index is 123. The third-order valence-electron chi connectivity index (χ3n) is 2.72. The zero-order valence-electron chi connectivity index (χ0n) is 7.97. The largest absolute Gasteiger partial charge is 0.330 e. The fraction of sp³-hybridized carbons (Fsp3) is 0.818. The zero-order valence-corrected chi connectivity index (χ0v) is 7.97. The van der Waals surface area contributed by atoms with E-state index in [9.17, 15) is 0 Å². The molecule has 0 bridgehead atoms. The van der Waals surface area contributed by atoms with E-state index in [1.54, 1.807) is 0 Å². The number of rotatable bonds is 5. The van der Waals surface area contributed by atoms with Crippen LogP contribution in [-0.4, -0.2) is 6.54 Å². The molecule has 1 fully saturated rings. The maximum atomic E-state index is 5.38. The van der Waals surface area contributed by atoms with Crippen LogP contribution >= 0.6 is 0 Å². The minimum Gasteiger partial charge on any atom is -0.330 e. The molecule has 1 saturated carbocycles. The van der Waals surface area contributed by atoms with Gasteiger partial charge in [-0.2, -0.15) is 0 Å². The van der Waals surface area contributed by atoms with Gasteiger partial charge in [0, 0.05) is 0 Å². The molecule has 1 aliphatic carbocycles. The van der Waals surface area contributed by atoms with Crippen LogP contribution in [0.2, 0.25) is 0 Å². The van der Waals surface area contributed by atoms with Crippen molar-refractivity contribution < 1.29 is 0 Å². The molecule has 0 aromatic rings. The van der Waals surface area contributed by atoms with Crippen LogP contribution in [0.1, 0.15) is 44.9 Å². The van der Waals surface area contributed by atoms with Gasteiger partial charge in [0.15, 0.2) is 0 Å². The molecule has 12 heavy (non-hydrogen) atoms. The summed E-state index contributed by atoms with van der Waals surface area (Å²) in [5, 5.41) is 0. The molecule has 1 aliphatic rings. The van der Waals surface area contributed by atoms with Crippen LogP contribution in [0, 0.1) is 5.92 Å². The Labute approximate surface area is 76.0 Å². The summed E-state index contributed by atoms with van der Waals surface area (Å²) in [6, 6.07) is 0. The topological polar surface area (TPSA) is 26.0 Å². The van der Waals surface area contributed by atoms with E-state index in [2.05, 4.69) is 12.2 Å². The van der Waals surface area contributed by atoms with E-state index in [0.29, 0.717) is 0 Å². The summed E-state index contributed by atoms with van der Waals surface area (Å²) in [5.41, 5.74) is 5.38. The van der Waals surface area contributed by atoms with E-state index in [0.717, 1.165) is 18.9 Å². The lowest BCUT2D eigenvalue weighted by Crippen LogP contribution is -1.95.